The van der Waals surface area contributed by atoms with E-state index >= 15 is 0 Å². The van der Waals surface area contributed by atoms with E-state index in [1.165, 1.54) is 16.4 Å². The number of hydrogen-bond acceptors (Lipinski definition) is 7. The van der Waals surface area contributed by atoms with Gasteiger partial charge in [0.15, 0.2) is 12.4 Å². The lowest BCUT2D eigenvalue weighted by Gasteiger charge is -2.18. The van der Waals surface area contributed by atoms with E-state index in [1.807, 2.05) is 0 Å². The number of anilines is 1. The van der Waals surface area contributed by atoms with Gasteiger partial charge in [0.25, 0.3) is 0 Å². The third kappa shape index (κ3) is 3.81. The maximum Gasteiger partial charge on any atom is 0.406 e. The lowest BCUT2D eigenvalue weighted by Crippen LogP contribution is -2.30. The molecule has 2 heterocycles. The highest BCUT2D eigenvalue weighted by molar-refractivity contribution is 7.92. The topological polar surface area (TPSA) is 120 Å². The van der Waals surface area contributed by atoms with Crippen LogP contribution in [0.5, 0.6) is 5.75 Å². The molecule has 0 saturated heterocycles. The number of Topliss-reactive ketones (excluding diaryl/α,β-unsaturated/α-hetero) is 1. The number of hydrogen-bond donors (Lipinski definition) is 0. The van der Waals surface area contributed by atoms with Gasteiger partial charge >= 0.3 is 5.82 Å². The summed E-state index contributed by atoms with van der Waals surface area (Å²) in [6, 6.07) is 7.76. The quantitative estimate of drug-likeness (QED) is 0.394. The molecule has 1 aliphatic heterocycles. The number of benzene rings is 1. The molecule has 0 fully saturated rings. The van der Waals surface area contributed by atoms with Crippen molar-refractivity contribution in [2.24, 2.45) is 0 Å². The van der Waals surface area contributed by atoms with E-state index in [-0.39, 0.29) is 23.9 Å². The zero-order chi connectivity index (χ0) is 20.5. The van der Waals surface area contributed by atoms with E-state index in [1.54, 1.807) is 32.0 Å². The van der Waals surface area contributed by atoms with Crippen LogP contribution in [0.3, 0.4) is 0 Å². The van der Waals surface area contributed by atoms with Gasteiger partial charge in [0.05, 0.1) is 11.4 Å². The first kappa shape index (κ1) is 19.7. The van der Waals surface area contributed by atoms with Crippen molar-refractivity contribution in [3.8, 4) is 5.75 Å². The first-order valence-corrected chi connectivity index (χ1v) is 10.2. The summed E-state index contributed by atoms with van der Waals surface area (Å²) in [7, 11) is -3.35. The fourth-order valence-corrected chi connectivity index (χ4v) is 4.15. The third-order valence-electron chi connectivity index (χ3n) is 4.47. The first-order valence-electron chi connectivity index (χ1n) is 8.64. The lowest BCUT2D eigenvalue weighted by molar-refractivity contribution is -0.390. The molecule has 0 bridgehead atoms. The number of carbonyl (C=O) groups is 1. The maximum atomic E-state index is 12.5. The van der Waals surface area contributed by atoms with Crippen LogP contribution in [0.4, 0.5) is 11.5 Å². The van der Waals surface area contributed by atoms with Crippen LogP contribution < -0.4 is 9.04 Å². The SMILES string of the molecule is CCS(=O)(=O)N1CCc2cc(C(=O)COc3ccc(C)nc3[N+](=O)[O-])ccc21. The Kier molecular flexibility index (Phi) is 5.32. The predicted molar refractivity (Wildman–Crippen MR) is 102 cm³/mol. The number of pyridine rings is 1. The van der Waals surface area contributed by atoms with Crippen LogP contribution in [-0.2, 0) is 16.4 Å². The summed E-state index contributed by atoms with van der Waals surface area (Å²) in [5, 5.41) is 11.1. The fraction of sp³-hybridized carbons (Fsp3) is 0.333. The second kappa shape index (κ2) is 7.55. The highest BCUT2D eigenvalue weighted by Gasteiger charge is 2.28. The molecule has 148 valence electrons. The second-order valence-corrected chi connectivity index (χ2v) is 8.49. The van der Waals surface area contributed by atoms with Gasteiger partial charge < -0.3 is 14.9 Å². The van der Waals surface area contributed by atoms with Gasteiger partial charge in [0.1, 0.15) is 5.69 Å². The Morgan fingerprint density at radius 2 is 2.07 bits per heavy atom. The van der Waals surface area contributed by atoms with Crippen molar-refractivity contribution < 1.29 is 22.9 Å². The minimum Gasteiger partial charge on any atom is -0.477 e. The molecule has 1 aliphatic rings. The van der Waals surface area contributed by atoms with Crippen molar-refractivity contribution in [3.63, 3.8) is 0 Å². The number of aryl methyl sites for hydroxylation is 1. The number of rotatable bonds is 7. The van der Waals surface area contributed by atoms with Crippen LogP contribution in [0.1, 0.15) is 28.5 Å². The first-order chi connectivity index (χ1) is 13.2. The Balaban J connectivity index is 1.76. The number of nitrogens with zero attached hydrogens (tertiary/aromatic N) is 3. The van der Waals surface area contributed by atoms with Crippen LogP contribution in [-0.4, -0.2) is 43.0 Å². The number of fused-ring (bicyclic) bond motifs is 1. The molecule has 0 N–H and O–H groups in total. The predicted octanol–water partition coefficient (Wildman–Crippen LogP) is 2.27. The Labute approximate surface area is 162 Å². The minimum atomic E-state index is -3.35. The van der Waals surface area contributed by atoms with Gasteiger partial charge in [-0.2, -0.15) is 0 Å². The Bertz CT molecular complexity index is 1050. The molecule has 0 radical (unpaired) electrons. The summed E-state index contributed by atoms with van der Waals surface area (Å²) < 4.78 is 30.9. The molecule has 0 unspecified atom stereocenters. The van der Waals surface area contributed by atoms with Crippen molar-refractivity contribution in [2.75, 3.05) is 23.2 Å². The monoisotopic (exact) mass is 405 g/mol. The summed E-state index contributed by atoms with van der Waals surface area (Å²) in [6.07, 6.45) is 0.518. The van der Waals surface area contributed by atoms with E-state index in [4.69, 9.17) is 4.74 Å². The smallest absolute Gasteiger partial charge is 0.406 e. The van der Waals surface area contributed by atoms with Crippen molar-refractivity contribution >= 4 is 27.3 Å². The molecule has 3 rings (SSSR count). The molecule has 0 aliphatic carbocycles. The van der Waals surface area contributed by atoms with Gasteiger partial charge in [-0.05, 0) is 59.1 Å². The molecular weight excluding hydrogens is 386 g/mol. The Hall–Kier alpha value is -3.01. The summed E-state index contributed by atoms with van der Waals surface area (Å²) in [6.45, 7) is 3.17. The van der Waals surface area contributed by atoms with Crippen molar-refractivity contribution in [1.82, 2.24) is 4.98 Å². The average Bonchev–Trinajstić information content (AvgIpc) is 3.10. The average molecular weight is 405 g/mol. The molecule has 10 heteroatoms. The third-order valence-corrected chi connectivity index (χ3v) is 6.25. The number of ether oxygens (including phenoxy) is 1. The van der Waals surface area contributed by atoms with Gasteiger partial charge in [-0.25, -0.2) is 8.42 Å². The van der Waals surface area contributed by atoms with E-state index in [0.717, 1.165) is 5.56 Å². The second-order valence-electron chi connectivity index (χ2n) is 6.31. The number of sulfonamides is 1. The van der Waals surface area contributed by atoms with E-state index < -0.39 is 20.8 Å². The number of aromatic nitrogens is 1. The van der Waals surface area contributed by atoms with Gasteiger partial charge in [0, 0.05) is 19.0 Å². The highest BCUT2D eigenvalue weighted by Crippen LogP contribution is 2.31. The zero-order valence-electron chi connectivity index (χ0n) is 15.4. The van der Waals surface area contributed by atoms with Crippen molar-refractivity contribution in [2.45, 2.75) is 20.3 Å². The fourth-order valence-electron chi connectivity index (χ4n) is 2.99. The number of nitro groups is 1. The molecule has 0 atom stereocenters. The molecule has 0 spiro atoms. The van der Waals surface area contributed by atoms with Crippen LogP contribution in [0.2, 0.25) is 0 Å². The zero-order valence-corrected chi connectivity index (χ0v) is 16.2. The summed E-state index contributed by atoms with van der Waals surface area (Å²) >= 11 is 0. The molecule has 28 heavy (non-hydrogen) atoms. The van der Waals surface area contributed by atoms with Crippen molar-refractivity contribution in [3.05, 3.63) is 57.3 Å². The summed E-state index contributed by atoms with van der Waals surface area (Å²) in [5.41, 5.74) is 2.18. The molecule has 1 aromatic heterocycles. The van der Waals surface area contributed by atoms with E-state index in [2.05, 4.69) is 4.98 Å². The Morgan fingerprint density at radius 3 is 2.75 bits per heavy atom. The molecule has 0 saturated carbocycles. The molecular formula is C18H19N3O6S. The standard InChI is InChI=1S/C18H19N3O6S/c1-3-28(25,26)20-9-8-13-10-14(5-6-15(13)20)16(22)11-27-17-7-4-12(2)19-18(17)21(23)24/h4-7,10H,3,8-9,11H2,1-2H3. The van der Waals surface area contributed by atoms with Crippen LogP contribution >= 0.6 is 0 Å². The van der Waals surface area contributed by atoms with Gasteiger partial charge in [-0.1, -0.05) is 0 Å². The van der Waals surface area contributed by atoms with Crippen LogP contribution in [0, 0.1) is 17.0 Å². The summed E-state index contributed by atoms with van der Waals surface area (Å²) in [4.78, 5) is 26.7. The number of ketones is 1. The maximum absolute atomic E-state index is 12.5. The molecule has 9 nitrogen and oxygen atoms in total. The van der Waals surface area contributed by atoms with Crippen molar-refractivity contribution in [1.29, 1.82) is 0 Å². The largest absolute Gasteiger partial charge is 0.477 e. The Morgan fingerprint density at radius 1 is 1.32 bits per heavy atom. The van der Waals surface area contributed by atoms with E-state index in [0.29, 0.717) is 29.9 Å². The van der Waals surface area contributed by atoms with Gasteiger partial charge in [-0.15, -0.1) is 0 Å². The summed E-state index contributed by atoms with van der Waals surface area (Å²) in [5.74, 6) is -0.883. The van der Waals surface area contributed by atoms with Gasteiger partial charge in [-0.3, -0.25) is 9.10 Å². The van der Waals surface area contributed by atoms with E-state index in [9.17, 15) is 23.3 Å². The lowest BCUT2D eigenvalue weighted by atomic mass is 10.1. The molecule has 0 amide bonds. The number of carbonyl (C=O) groups excluding carboxylic acids is 1. The minimum absolute atomic E-state index is 0.00429. The molecule has 1 aromatic carbocycles. The normalized spacial score (nSPS) is 13.3. The highest BCUT2D eigenvalue weighted by atomic mass is 32.2. The molecule has 2 aromatic rings. The van der Waals surface area contributed by atoms with Gasteiger partial charge in [0.2, 0.25) is 15.8 Å². The van der Waals surface area contributed by atoms with Crippen LogP contribution in [0.15, 0.2) is 30.3 Å². The van der Waals surface area contributed by atoms with Crippen LogP contribution in [0.25, 0.3) is 0 Å².